The minimum Gasteiger partial charge on any atom is -0.464 e. The molecule has 0 unspecified atom stereocenters. The maximum Gasteiger partial charge on any atom is 0.534 e. The van der Waals surface area contributed by atoms with Crippen LogP contribution in [0.3, 0.4) is 0 Å². The Kier molecular flexibility index (Phi) is 5.55. The molecular weight excluding hydrogens is 375 g/mol. The first-order valence-electron chi connectivity index (χ1n) is 7.28. The molecule has 0 saturated heterocycles. The van der Waals surface area contributed by atoms with Gasteiger partial charge in [-0.25, -0.2) is 9.78 Å². The third-order valence-electron chi connectivity index (χ3n) is 3.36. The molecule has 0 spiro atoms. The topological polar surface area (TPSA) is 82.6 Å². The Bertz CT molecular complexity index is 926. The van der Waals surface area contributed by atoms with Gasteiger partial charge < -0.3 is 8.92 Å². The van der Waals surface area contributed by atoms with E-state index in [4.69, 9.17) is 0 Å². The summed E-state index contributed by atoms with van der Waals surface area (Å²) in [6.07, 6.45) is 0.216. The van der Waals surface area contributed by atoms with E-state index in [0.29, 0.717) is 11.3 Å². The summed E-state index contributed by atoms with van der Waals surface area (Å²) in [6, 6.07) is 8.52. The van der Waals surface area contributed by atoms with Crippen LogP contribution in [-0.2, 0) is 21.3 Å². The number of hydrogen-bond acceptors (Lipinski definition) is 6. The second kappa shape index (κ2) is 7.32. The molecule has 1 aromatic heterocycles. The molecular formula is C16H14F3NO5S. The summed E-state index contributed by atoms with van der Waals surface area (Å²) >= 11 is 0. The van der Waals surface area contributed by atoms with E-state index in [2.05, 4.69) is 13.9 Å². The fourth-order valence-corrected chi connectivity index (χ4v) is 2.57. The number of halogens is 3. The molecule has 2 rings (SSSR count). The van der Waals surface area contributed by atoms with E-state index in [1.165, 1.54) is 25.3 Å². The Hall–Kier alpha value is -2.62. The third-order valence-corrected chi connectivity index (χ3v) is 4.33. The second-order valence-electron chi connectivity index (χ2n) is 5.06. The van der Waals surface area contributed by atoms with Crippen molar-refractivity contribution in [2.24, 2.45) is 0 Å². The third kappa shape index (κ3) is 4.13. The van der Waals surface area contributed by atoms with Gasteiger partial charge >= 0.3 is 21.6 Å². The van der Waals surface area contributed by atoms with Crippen molar-refractivity contribution in [2.75, 3.05) is 7.11 Å². The second-order valence-corrected chi connectivity index (χ2v) is 6.60. The van der Waals surface area contributed by atoms with Crippen molar-refractivity contribution >= 4 is 16.1 Å². The molecule has 0 atom stereocenters. The predicted octanol–water partition coefficient (Wildman–Crippen LogP) is 3.33. The first-order valence-corrected chi connectivity index (χ1v) is 8.69. The summed E-state index contributed by atoms with van der Waals surface area (Å²) in [4.78, 5) is 15.7. The minimum absolute atomic E-state index is 0.0584. The molecule has 140 valence electrons. The van der Waals surface area contributed by atoms with Crippen LogP contribution in [0.4, 0.5) is 13.2 Å². The Morgan fingerprint density at radius 3 is 2.46 bits per heavy atom. The zero-order chi connectivity index (χ0) is 19.5. The smallest absolute Gasteiger partial charge is 0.464 e. The zero-order valence-electron chi connectivity index (χ0n) is 13.7. The number of aryl methyl sites for hydroxylation is 1. The maximum absolute atomic E-state index is 12.5. The number of aromatic nitrogens is 1. The summed E-state index contributed by atoms with van der Waals surface area (Å²) in [5.41, 5.74) is -4.38. The van der Waals surface area contributed by atoms with Crippen LogP contribution in [0, 0.1) is 0 Å². The number of alkyl halides is 3. The number of carbonyl (C=O) groups excluding carboxylic acids is 1. The van der Waals surface area contributed by atoms with Gasteiger partial charge in [-0.15, -0.1) is 0 Å². The average Bonchev–Trinajstić information content (AvgIpc) is 2.60. The lowest BCUT2D eigenvalue weighted by atomic mass is 10.0. The lowest BCUT2D eigenvalue weighted by Crippen LogP contribution is -2.28. The Morgan fingerprint density at radius 1 is 1.19 bits per heavy atom. The maximum atomic E-state index is 12.5. The predicted molar refractivity (Wildman–Crippen MR) is 86.0 cm³/mol. The number of benzene rings is 1. The molecule has 0 aliphatic rings. The van der Waals surface area contributed by atoms with Gasteiger partial charge in [0.2, 0.25) is 0 Å². The van der Waals surface area contributed by atoms with Crippen molar-refractivity contribution in [3.63, 3.8) is 0 Å². The van der Waals surface area contributed by atoms with Crippen LogP contribution in [0.2, 0.25) is 0 Å². The van der Waals surface area contributed by atoms with Crippen molar-refractivity contribution in [1.29, 1.82) is 0 Å². The van der Waals surface area contributed by atoms with Gasteiger partial charge in [0.05, 0.1) is 12.8 Å². The highest BCUT2D eigenvalue weighted by molar-refractivity contribution is 7.88. The molecule has 0 radical (unpaired) electrons. The first kappa shape index (κ1) is 19.7. The SMILES string of the molecule is CCc1cc(-c2cccc(C(=O)OC)n2)ccc1OS(=O)(=O)C(F)(F)F. The van der Waals surface area contributed by atoms with Crippen molar-refractivity contribution in [3.8, 4) is 17.0 Å². The number of carbonyl (C=O) groups is 1. The average molecular weight is 389 g/mol. The van der Waals surface area contributed by atoms with E-state index < -0.39 is 27.3 Å². The molecule has 0 N–H and O–H groups in total. The number of pyridine rings is 1. The van der Waals surface area contributed by atoms with E-state index in [0.717, 1.165) is 6.07 Å². The van der Waals surface area contributed by atoms with Gasteiger partial charge in [-0.05, 0) is 42.3 Å². The van der Waals surface area contributed by atoms with Gasteiger partial charge in [-0.1, -0.05) is 13.0 Å². The normalized spacial score (nSPS) is 11.9. The Labute approximate surface area is 147 Å². The largest absolute Gasteiger partial charge is 0.534 e. The molecule has 1 heterocycles. The van der Waals surface area contributed by atoms with Gasteiger partial charge in [-0.3, -0.25) is 0 Å². The molecule has 10 heteroatoms. The Balaban J connectivity index is 2.42. The van der Waals surface area contributed by atoms with E-state index in [9.17, 15) is 26.4 Å². The van der Waals surface area contributed by atoms with Crippen LogP contribution < -0.4 is 4.18 Å². The molecule has 1 aromatic carbocycles. The summed E-state index contributed by atoms with van der Waals surface area (Å²) in [5.74, 6) is -1.06. The van der Waals surface area contributed by atoms with E-state index in [1.807, 2.05) is 0 Å². The highest BCUT2D eigenvalue weighted by atomic mass is 32.2. The number of ether oxygens (including phenoxy) is 1. The lowest BCUT2D eigenvalue weighted by Gasteiger charge is -2.13. The molecule has 2 aromatic rings. The fourth-order valence-electron chi connectivity index (χ4n) is 2.08. The Morgan fingerprint density at radius 2 is 1.88 bits per heavy atom. The number of nitrogens with zero attached hydrogens (tertiary/aromatic N) is 1. The number of methoxy groups -OCH3 is 1. The van der Waals surface area contributed by atoms with E-state index >= 15 is 0 Å². The fraction of sp³-hybridized carbons (Fsp3) is 0.250. The van der Waals surface area contributed by atoms with Crippen LogP contribution in [0.25, 0.3) is 11.3 Å². The quantitative estimate of drug-likeness (QED) is 0.443. The van der Waals surface area contributed by atoms with Crippen LogP contribution in [0.15, 0.2) is 36.4 Å². The van der Waals surface area contributed by atoms with Crippen molar-refractivity contribution in [3.05, 3.63) is 47.7 Å². The summed E-state index contributed by atoms with van der Waals surface area (Å²) in [5, 5.41) is 0. The first-order chi connectivity index (χ1) is 12.1. The summed E-state index contributed by atoms with van der Waals surface area (Å²) in [6.45, 7) is 1.63. The molecule has 0 saturated carbocycles. The molecule has 0 fully saturated rings. The summed E-state index contributed by atoms with van der Waals surface area (Å²) < 4.78 is 68.6. The summed E-state index contributed by atoms with van der Waals surface area (Å²) in [7, 11) is -4.55. The van der Waals surface area contributed by atoms with Crippen LogP contribution in [0.1, 0.15) is 23.0 Å². The molecule has 0 amide bonds. The van der Waals surface area contributed by atoms with Gasteiger partial charge in [0.25, 0.3) is 0 Å². The standard InChI is InChI=1S/C16H14F3NO5S/c1-3-10-9-11(12-5-4-6-13(20-12)15(21)24-2)7-8-14(10)25-26(22,23)16(17,18)19/h4-9H,3H2,1-2H3. The molecule has 0 bridgehead atoms. The molecule has 0 aliphatic heterocycles. The van der Waals surface area contributed by atoms with Gasteiger partial charge in [0.15, 0.2) is 0 Å². The van der Waals surface area contributed by atoms with E-state index in [-0.39, 0.29) is 17.7 Å². The molecule has 0 aliphatic carbocycles. The van der Waals surface area contributed by atoms with Crippen molar-refractivity contribution in [2.45, 2.75) is 18.9 Å². The number of rotatable bonds is 5. The van der Waals surface area contributed by atoms with Gasteiger partial charge in [0.1, 0.15) is 11.4 Å². The van der Waals surface area contributed by atoms with Crippen LogP contribution in [0.5, 0.6) is 5.75 Å². The minimum atomic E-state index is -5.76. The van der Waals surface area contributed by atoms with Crippen molar-refractivity contribution < 1.29 is 35.3 Å². The van der Waals surface area contributed by atoms with Crippen LogP contribution >= 0.6 is 0 Å². The van der Waals surface area contributed by atoms with Gasteiger partial charge in [0, 0.05) is 5.56 Å². The number of hydrogen-bond donors (Lipinski definition) is 0. The van der Waals surface area contributed by atoms with Crippen molar-refractivity contribution in [1.82, 2.24) is 4.98 Å². The molecule has 26 heavy (non-hydrogen) atoms. The lowest BCUT2D eigenvalue weighted by molar-refractivity contribution is -0.0500. The molecule has 6 nitrogen and oxygen atoms in total. The monoisotopic (exact) mass is 389 g/mol. The number of esters is 1. The van der Waals surface area contributed by atoms with E-state index in [1.54, 1.807) is 19.1 Å². The highest BCUT2D eigenvalue weighted by Crippen LogP contribution is 2.31. The van der Waals surface area contributed by atoms with Crippen LogP contribution in [-0.4, -0.2) is 32.0 Å². The van der Waals surface area contributed by atoms with Gasteiger partial charge in [-0.2, -0.15) is 21.6 Å². The highest BCUT2D eigenvalue weighted by Gasteiger charge is 2.48. The zero-order valence-corrected chi connectivity index (χ0v) is 14.5.